The summed E-state index contributed by atoms with van der Waals surface area (Å²) in [7, 11) is 0. The third kappa shape index (κ3) is 6.66. The summed E-state index contributed by atoms with van der Waals surface area (Å²) < 4.78 is 6.12. The second kappa shape index (κ2) is 13.5. The summed E-state index contributed by atoms with van der Waals surface area (Å²) in [5.74, 6) is -0.126. The van der Waals surface area contributed by atoms with E-state index in [1.165, 1.54) is 30.5 Å². The minimum absolute atomic E-state index is 0.126. The van der Waals surface area contributed by atoms with Gasteiger partial charge in [0.15, 0.2) is 6.10 Å². The molecule has 0 bridgehead atoms. The van der Waals surface area contributed by atoms with Crippen molar-refractivity contribution in [3.8, 4) is 0 Å². The molecule has 0 spiro atoms. The SMILES string of the molecule is Cc1cc(CC(OC(=O)N2CCC(N3CNc4ccccc4C3)CC2)C(=O)N2CCC(N3CCCCC3)CC2)cc2[nH]c(=O)[nH]c12. The van der Waals surface area contributed by atoms with Crippen LogP contribution in [0, 0.1) is 6.92 Å². The van der Waals surface area contributed by atoms with Crippen molar-refractivity contribution in [2.75, 3.05) is 51.3 Å². The van der Waals surface area contributed by atoms with Crippen LogP contribution in [0.2, 0.25) is 0 Å². The molecule has 3 saturated heterocycles. The minimum Gasteiger partial charge on any atom is -0.436 e. The first-order valence-corrected chi connectivity index (χ1v) is 17.2. The fraction of sp³-hybridized carbons (Fsp3) is 0.571. The Morgan fingerprint density at radius 1 is 0.870 bits per heavy atom. The lowest BCUT2D eigenvalue weighted by atomic mass is 9.98. The lowest BCUT2D eigenvalue weighted by Crippen LogP contribution is -2.52. The van der Waals surface area contributed by atoms with Gasteiger partial charge in [0, 0.05) is 56.9 Å². The maximum Gasteiger partial charge on any atom is 0.410 e. The zero-order chi connectivity index (χ0) is 31.6. The molecule has 7 rings (SSSR count). The molecule has 5 heterocycles. The number of imidazole rings is 1. The highest BCUT2D eigenvalue weighted by atomic mass is 16.6. The molecule has 1 atom stereocenters. The number of benzene rings is 2. The molecule has 3 N–H and O–H groups in total. The smallest absolute Gasteiger partial charge is 0.410 e. The zero-order valence-electron chi connectivity index (χ0n) is 26.9. The molecule has 2 amide bonds. The Bertz CT molecular complexity index is 1600. The zero-order valence-corrected chi connectivity index (χ0v) is 26.9. The minimum atomic E-state index is -0.929. The number of ether oxygens (including phenoxy) is 1. The van der Waals surface area contributed by atoms with Crippen LogP contribution in [-0.2, 0) is 22.5 Å². The van der Waals surface area contributed by atoms with Crippen molar-refractivity contribution in [2.24, 2.45) is 0 Å². The highest BCUT2D eigenvalue weighted by Crippen LogP contribution is 2.28. The summed E-state index contributed by atoms with van der Waals surface area (Å²) in [6.07, 6.45) is 6.35. The van der Waals surface area contributed by atoms with Crippen LogP contribution >= 0.6 is 0 Å². The van der Waals surface area contributed by atoms with Crippen LogP contribution in [0.1, 0.15) is 61.6 Å². The van der Waals surface area contributed by atoms with E-state index in [1.54, 1.807) is 4.90 Å². The number of aryl methyl sites for hydroxylation is 1. The molecule has 11 nitrogen and oxygen atoms in total. The van der Waals surface area contributed by atoms with E-state index in [1.807, 2.05) is 24.0 Å². The number of fused-ring (bicyclic) bond motifs is 2. The van der Waals surface area contributed by atoms with Crippen LogP contribution in [0.25, 0.3) is 11.0 Å². The van der Waals surface area contributed by atoms with Crippen molar-refractivity contribution in [3.05, 3.63) is 63.6 Å². The Morgan fingerprint density at radius 3 is 2.33 bits per heavy atom. The molecule has 3 fully saturated rings. The second-order valence-corrected chi connectivity index (χ2v) is 13.6. The number of aromatic nitrogens is 2. The molecular weight excluding hydrogens is 582 g/mol. The quantitative estimate of drug-likeness (QED) is 0.377. The highest BCUT2D eigenvalue weighted by Gasteiger charge is 2.35. The summed E-state index contributed by atoms with van der Waals surface area (Å²) >= 11 is 0. The molecule has 0 aliphatic carbocycles. The highest BCUT2D eigenvalue weighted by molar-refractivity contribution is 5.85. The third-order valence-corrected chi connectivity index (χ3v) is 10.6. The second-order valence-electron chi connectivity index (χ2n) is 13.6. The molecule has 3 aromatic rings. The molecule has 1 unspecified atom stereocenters. The number of carbonyl (C=O) groups is 2. The van der Waals surface area contributed by atoms with Crippen LogP contribution in [0.3, 0.4) is 0 Å². The molecule has 4 aliphatic rings. The van der Waals surface area contributed by atoms with E-state index >= 15 is 0 Å². The Kier molecular flexibility index (Phi) is 9.04. The summed E-state index contributed by atoms with van der Waals surface area (Å²) in [5.41, 5.74) is 5.44. The number of para-hydroxylation sites is 1. The number of nitrogens with zero attached hydrogens (tertiary/aromatic N) is 4. The van der Waals surface area contributed by atoms with E-state index in [0.29, 0.717) is 43.8 Å². The number of aromatic amines is 2. The first-order chi connectivity index (χ1) is 22.4. The number of likely N-dealkylation sites (tertiary alicyclic amines) is 3. The normalized spacial score (nSPS) is 21.2. The number of amides is 2. The maximum atomic E-state index is 14.1. The van der Waals surface area contributed by atoms with Crippen molar-refractivity contribution in [3.63, 3.8) is 0 Å². The number of nitrogens with one attached hydrogen (secondary N) is 3. The first-order valence-electron chi connectivity index (χ1n) is 17.2. The van der Waals surface area contributed by atoms with Crippen LogP contribution in [-0.4, -0.2) is 106 Å². The third-order valence-electron chi connectivity index (χ3n) is 10.6. The van der Waals surface area contributed by atoms with E-state index in [4.69, 9.17) is 4.74 Å². The lowest BCUT2D eigenvalue weighted by molar-refractivity contribution is -0.142. The van der Waals surface area contributed by atoms with Crippen molar-refractivity contribution < 1.29 is 14.3 Å². The lowest BCUT2D eigenvalue weighted by Gasteiger charge is -2.41. The predicted octanol–water partition coefficient (Wildman–Crippen LogP) is 4.04. The number of rotatable bonds is 6. The average molecular weight is 630 g/mol. The van der Waals surface area contributed by atoms with E-state index in [2.05, 4.69) is 49.4 Å². The number of H-pyrrole nitrogens is 2. The monoisotopic (exact) mass is 629 g/mol. The fourth-order valence-corrected chi connectivity index (χ4v) is 8.00. The van der Waals surface area contributed by atoms with Crippen LogP contribution in [0.5, 0.6) is 0 Å². The fourth-order valence-electron chi connectivity index (χ4n) is 8.00. The van der Waals surface area contributed by atoms with Gasteiger partial charge in [-0.15, -0.1) is 0 Å². The Balaban J connectivity index is 1.01. The van der Waals surface area contributed by atoms with E-state index in [0.717, 1.165) is 68.6 Å². The maximum absolute atomic E-state index is 14.1. The largest absolute Gasteiger partial charge is 0.436 e. The predicted molar refractivity (Wildman–Crippen MR) is 178 cm³/mol. The molecule has 46 heavy (non-hydrogen) atoms. The van der Waals surface area contributed by atoms with Gasteiger partial charge in [-0.25, -0.2) is 9.59 Å². The van der Waals surface area contributed by atoms with Crippen LogP contribution < -0.4 is 11.0 Å². The molecule has 4 aliphatic heterocycles. The Hall–Kier alpha value is -3.83. The Morgan fingerprint density at radius 2 is 1.57 bits per heavy atom. The van der Waals surface area contributed by atoms with Crippen LogP contribution in [0.4, 0.5) is 10.5 Å². The molecular formula is C35H47N7O4. The summed E-state index contributed by atoms with van der Waals surface area (Å²) in [5, 5.41) is 3.53. The molecule has 246 valence electrons. The molecule has 0 radical (unpaired) electrons. The van der Waals surface area contributed by atoms with Gasteiger partial charge in [-0.05, 0) is 87.4 Å². The number of hydrogen-bond acceptors (Lipinski definition) is 7. The van der Waals surface area contributed by atoms with Gasteiger partial charge in [0.25, 0.3) is 5.91 Å². The topological polar surface area (TPSA) is 117 Å². The van der Waals surface area contributed by atoms with Gasteiger partial charge in [-0.1, -0.05) is 30.7 Å². The van der Waals surface area contributed by atoms with E-state index in [9.17, 15) is 14.4 Å². The van der Waals surface area contributed by atoms with Gasteiger partial charge in [-0.3, -0.25) is 9.69 Å². The van der Waals surface area contributed by atoms with E-state index in [-0.39, 0.29) is 18.0 Å². The Labute approximate surface area is 270 Å². The van der Waals surface area contributed by atoms with Crippen molar-refractivity contribution in [1.29, 1.82) is 0 Å². The molecule has 11 heteroatoms. The number of hydrogen-bond donors (Lipinski definition) is 3. The number of anilines is 1. The van der Waals surface area contributed by atoms with Crippen molar-refractivity contribution in [2.45, 2.75) is 83.0 Å². The molecule has 1 aromatic heterocycles. The van der Waals surface area contributed by atoms with Crippen molar-refractivity contribution in [1.82, 2.24) is 29.6 Å². The van der Waals surface area contributed by atoms with Gasteiger partial charge in [0.05, 0.1) is 17.7 Å². The average Bonchev–Trinajstić information content (AvgIpc) is 3.48. The first kappa shape index (κ1) is 30.8. The van der Waals surface area contributed by atoms with Crippen LogP contribution in [0.15, 0.2) is 41.2 Å². The van der Waals surface area contributed by atoms with Gasteiger partial charge in [0.1, 0.15) is 0 Å². The summed E-state index contributed by atoms with van der Waals surface area (Å²) in [6, 6.07) is 13.2. The van der Waals surface area contributed by atoms with Gasteiger partial charge in [-0.2, -0.15) is 0 Å². The van der Waals surface area contributed by atoms with Crippen molar-refractivity contribution >= 4 is 28.7 Å². The van der Waals surface area contributed by atoms with Gasteiger partial charge in [0.2, 0.25) is 0 Å². The summed E-state index contributed by atoms with van der Waals surface area (Å²) in [6.45, 7) is 8.49. The molecule has 2 aromatic carbocycles. The standard InChI is InChI=1S/C35H47N7O4/c1-24-19-25(20-30-32(24)38-34(44)37-30)21-31(33(43)40-15-9-27(10-16-40)39-13-5-2-6-14-39)46-35(45)41-17-11-28(12-18-41)42-22-26-7-3-4-8-29(26)36-23-42/h3-4,7-8,19-20,27-28,31,36H,2,5-6,9-18,21-23H2,1H3,(H2,37,38,44). The van der Waals surface area contributed by atoms with E-state index < -0.39 is 12.2 Å². The van der Waals surface area contributed by atoms with Gasteiger partial charge >= 0.3 is 11.8 Å². The number of carbonyl (C=O) groups excluding carboxylic acids is 2. The summed E-state index contributed by atoms with van der Waals surface area (Å²) in [4.78, 5) is 54.0. The number of piperidine rings is 3. The molecule has 0 saturated carbocycles. The van der Waals surface area contributed by atoms with Gasteiger partial charge < -0.3 is 34.7 Å².